The number of aryl methyl sites for hydroxylation is 1. The number of aromatic amines is 1. The van der Waals surface area contributed by atoms with Crippen LogP contribution < -0.4 is 9.46 Å². The van der Waals surface area contributed by atoms with Crippen LogP contribution in [-0.4, -0.2) is 32.0 Å². The third kappa shape index (κ3) is 3.37. The van der Waals surface area contributed by atoms with Gasteiger partial charge in [-0.1, -0.05) is 6.07 Å². The van der Waals surface area contributed by atoms with E-state index in [1.165, 1.54) is 7.11 Å². The number of nitrogens with zero attached hydrogens (tertiary/aromatic N) is 1. The van der Waals surface area contributed by atoms with Crippen LogP contribution in [0.1, 0.15) is 11.3 Å². The molecule has 0 saturated heterocycles. The summed E-state index contributed by atoms with van der Waals surface area (Å²) in [6.07, 6.45) is 3.78. The van der Waals surface area contributed by atoms with Crippen LogP contribution in [0.4, 0.5) is 0 Å². The number of nitrogens with one attached hydrogen (secondary N) is 2. The maximum absolute atomic E-state index is 12.3. The minimum Gasteiger partial charge on any atom is -0.495 e. The Balaban J connectivity index is 2.11. The molecule has 2 aromatic rings. The molecule has 108 valence electrons. The first-order valence-electron chi connectivity index (χ1n) is 6.14. The fraction of sp³-hybridized carbons (Fsp3) is 0.308. The van der Waals surface area contributed by atoms with Crippen molar-refractivity contribution in [3.05, 3.63) is 42.0 Å². The molecule has 0 aliphatic heterocycles. The molecule has 1 aromatic carbocycles. The molecule has 0 atom stereocenters. The lowest BCUT2D eigenvalue weighted by molar-refractivity contribution is 0.402. The highest BCUT2D eigenvalue weighted by Gasteiger charge is 2.19. The largest absolute Gasteiger partial charge is 0.495 e. The highest BCUT2D eigenvalue weighted by molar-refractivity contribution is 7.89. The van der Waals surface area contributed by atoms with Crippen molar-refractivity contribution >= 4 is 10.0 Å². The Morgan fingerprint density at radius 2 is 2.20 bits per heavy atom. The number of methoxy groups -OCH3 is 1. The van der Waals surface area contributed by atoms with Crippen LogP contribution in [-0.2, 0) is 16.4 Å². The summed E-state index contributed by atoms with van der Waals surface area (Å²) < 4.78 is 32.2. The molecule has 0 fully saturated rings. The molecule has 2 N–H and O–H groups in total. The maximum Gasteiger partial charge on any atom is 0.244 e. The molecule has 0 unspecified atom stereocenters. The van der Waals surface area contributed by atoms with Gasteiger partial charge >= 0.3 is 0 Å². The second-order valence-corrected chi connectivity index (χ2v) is 6.11. The van der Waals surface area contributed by atoms with Gasteiger partial charge in [-0.05, 0) is 24.6 Å². The fourth-order valence-corrected chi connectivity index (χ4v) is 3.10. The van der Waals surface area contributed by atoms with Crippen LogP contribution >= 0.6 is 0 Å². The van der Waals surface area contributed by atoms with Gasteiger partial charge in [0.1, 0.15) is 10.6 Å². The summed E-state index contributed by atoms with van der Waals surface area (Å²) in [5, 5.41) is 0. The van der Waals surface area contributed by atoms with Gasteiger partial charge < -0.3 is 9.72 Å². The van der Waals surface area contributed by atoms with E-state index in [4.69, 9.17) is 4.74 Å². The number of sulfonamides is 1. The van der Waals surface area contributed by atoms with Crippen molar-refractivity contribution < 1.29 is 13.2 Å². The smallest absolute Gasteiger partial charge is 0.244 e. The molecular formula is C13H17N3O3S. The van der Waals surface area contributed by atoms with Crippen LogP contribution in [0.2, 0.25) is 0 Å². The molecule has 0 spiro atoms. The number of ether oxygens (including phenoxy) is 1. The summed E-state index contributed by atoms with van der Waals surface area (Å²) in [5.74, 6) is 0.338. The number of aromatic nitrogens is 2. The predicted molar refractivity (Wildman–Crippen MR) is 75.2 cm³/mol. The monoisotopic (exact) mass is 295 g/mol. The molecular weight excluding hydrogens is 278 g/mol. The van der Waals surface area contributed by atoms with E-state index in [2.05, 4.69) is 14.7 Å². The zero-order chi connectivity index (χ0) is 14.6. The molecule has 0 radical (unpaired) electrons. The van der Waals surface area contributed by atoms with E-state index in [0.29, 0.717) is 18.7 Å². The van der Waals surface area contributed by atoms with Crippen molar-refractivity contribution in [1.29, 1.82) is 0 Å². The summed E-state index contributed by atoms with van der Waals surface area (Å²) >= 11 is 0. The molecule has 0 saturated carbocycles. The summed E-state index contributed by atoms with van der Waals surface area (Å²) in [5.41, 5.74) is 1.74. The third-order valence-corrected chi connectivity index (χ3v) is 4.33. The minimum atomic E-state index is -3.59. The Bertz CT molecular complexity index is 666. The van der Waals surface area contributed by atoms with Gasteiger partial charge in [0.2, 0.25) is 10.0 Å². The summed E-state index contributed by atoms with van der Waals surface area (Å²) in [6, 6.07) is 5.05. The Kier molecular flexibility index (Phi) is 4.41. The van der Waals surface area contributed by atoms with Gasteiger partial charge in [0.15, 0.2) is 0 Å². The SMILES string of the molecule is COc1ccc(C)cc1S(=O)(=O)NCCc1cnc[nH]1. The van der Waals surface area contributed by atoms with Crippen molar-refractivity contribution in [2.45, 2.75) is 18.2 Å². The maximum atomic E-state index is 12.3. The Hall–Kier alpha value is -1.86. The van der Waals surface area contributed by atoms with Crippen molar-refractivity contribution in [3.63, 3.8) is 0 Å². The standard InChI is InChI=1S/C13H17N3O3S/c1-10-3-4-12(19-2)13(7-10)20(17,18)16-6-5-11-8-14-9-15-11/h3-4,7-9,16H,5-6H2,1-2H3,(H,14,15). The Morgan fingerprint density at radius 1 is 1.40 bits per heavy atom. The summed E-state index contributed by atoms with van der Waals surface area (Å²) in [6.45, 7) is 2.13. The number of hydrogen-bond donors (Lipinski definition) is 2. The van der Waals surface area contributed by atoms with E-state index < -0.39 is 10.0 Å². The Morgan fingerprint density at radius 3 is 2.85 bits per heavy atom. The molecule has 0 aliphatic carbocycles. The quantitative estimate of drug-likeness (QED) is 0.840. The Labute approximate surface area is 118 Å². The van der Waals surface area contributed by atoms with E-state index in [0.717, 1.165) is 11.3 Å². The van der Waals surface area contributed by atoms with Crippen molar-refractivity contribution in [2.24, 2.45) is 0 Å². The first kappa shape index (κ1) is 14.5. The molecule has 0 amide bonds. The molecule has 1 aromatic heterocycles. The number of benzene rings is 1. The van der Waals surface area contributed by atoms with E-state index in [1.54, 1.807) is 24.7 Å². The average Bonchev–Trinajstić information content (AvgIpc) is 2.91. The lowest BCUT2D eigenvalue weighted by atomic mass is 10.2. The highest BCUT2D eigenvalue weighted by atomic mass is 32.2. The fourth-order valence-electron chi connectivity index (χ4n) is 1.81. The van der Waals surface area contributed by atoms with Gasteiger partial charge in [0.25, 0.3) is 0 Å². The minimum absolute atomic E-state index is 0.157. The lowest BCUT2D eigenvalue weighted by Gasteiger charge is -2.11. The second kappa shape index (κ2) is 6.06. The lowest BCUT2D eigenvalue weighted by Crippen LogP contribution is -2.26. The second-order valence-electron chi connectivity index (χ2n) is 4.38. The predicted octanol–water partition coefficient (Wildman–Crippen LogP) is 1.25. The van der Waals surface area contributed by atoms with Crippen LogP contribution in [0.3, 0.4) is 0 Å². The zero-order valence-electron chi connectivity index (χ0n) is 11.4. The average molecular weight is 295 g/mol. The number of H-pyrrole nitrogens is 1. The van der Waals surface area contributed by atoms with Crippen LogP contribution in [0, 0.1) is 6.92 Å². The molecule has 0 bridgehead atoms. The van der Waals surface area contributed by atoms with Gasteiger partial charge in [-0.2, -0.15) is 0 Å². The summed E-state index contributed by atoms with van der Waals surface area (Å²) in [4.78, 5) is 6.96. The van der Waals surface area contributed by atoms with E-state index in [1.807, 2.05) is 13.0 Å². The first-order chi connectivity index (χ1) is 9.53. The van der Waals surface area contributed by atoms with Crippen LogP contribution in [0.5, 0.6) is 5.75 Å². The van der Waals surface area contributed by atoms with E-state index >= 15 is 0 Å². The van der Waals surface area contributed by atoms with Gasteiger partial charge in [-0.3, -0.25) is 0 Å². The van der Waals surface area contributed by atoms with Gasteiger partial charge in [0, 0.05) is 24.9 Å². The van der Waals surface area contributed by atoms with Crippen LogP contribution in [0.25, 0.3) is 0 Å². The molecule has 6 nitrogen and oxygen atoms in total. The van der Waals surface area contributed by atoms with E-state index in [9.17, 15) is 8.42 Å². The topological polar surface area (TPSA) is 84.1 Å². The number of rotatable bonds is 6. The first-order valence-corrected chi connectivity index (χ1v) is 7.63. The van der Waals surface area contributed by atoms with E-state index in [-0.39, 0.29) is 4.90 Å². The van der Waals surface area contributed by atoms with Crippen molar-refractivity contribution in [3.8, 4) is 5.75 Å². The van der Waals surface area contributed by atoms with Gasteiger partial charge in [-0.25, -0.2) is 18.1 Å². The molecule has 1 heterocycles. The number of imidazole rings is 1. The normalized spacial score (nSPS) is 11.5. The molecule has 7 heteroatoms. The van der Waals surface area contributed by atoms with Crippen LogP contribution in [0.15, 0.2) is 35.6 Å². The van der Waals surface area contributed by atoms with Crippen molar-refractivity contribution in [1.82, 2.24) is 14.7 Å². The molecule has 20 heavy (non-hydrogen) atoms. The summed E-state index contributed by atoms with van der Waals surface area (Å²) in [7, 11) is -2.14. The third-order valence-electron chi connectivity index (χ3n) is 2.85. The highest BCUT2D eigenvalue weighted by Crippen LogP contribution is 2.24. The molecule has 0 aliphatic rings. The van der Waals surface area contributed by atoms with Gasteiger partial charge in [0.05, 0.1) is 13.4 Å². The van der Waals surface area contributed by atoms with Crippen molar-refractivity contribution in [2.75, 3.05) is 13.7 Å². The number of hydrogen-bond acceptors (Lipinski definition) is 4. The molecule has 2 rings (SSSR count). The van der Waals surface area contributed by atoms with Gasteiger partial charge in [-0.15, -0.1) is 0 Å². The zero-order valence-corrected chi connectivity index (χ0v) is 12.2.